The molecule has 1 aliphatic rings. The first-order chi connectivity index (χ1) is 12.9. The molecule has 3 aromatic rings. The molecule has 3 aromatic heterocycles. The first-order valence-corrected chi connectivity index (χ1v) is 10.7. The van der Waals surface area contributed by atoms with Crippen molar-refractivity contribution in [2.75, 3.05) is 31.2 Å². The van der Waals surface area contributed by atoms with Gasteiger partial charge in [-0.05, 0) is 22.7 Å². The molecule has 0 atom stereocenters. The molecular formula is C18H22ClN5O2Si. The number of rotatable bonds is 3. The number of aromatic nitrogens is 3. The van der Waals surface area contributed by atoms with E-state index in [1.165, 1.54) is 0 Å². The molecule has 0 N–H and O–H groups in total. The summed E-state index contributed by atoms with van der Waals surface area (Å²) in [6.45, 7) is 9.43. The zero-order chi connectivity index (χ0) is 19.0. The highest BCUT2D eigenvalue weighted by Gasteiger charge is 2.22. The molecule has 0 spiro atoms. The normalized spacial score (nSPS) is 16.5. The van der Waals surface area contributed by atoms with Gasteiger partial charge in [0.15, 0.2) is 21.1 Å². The van der Waals surface area contributed by atoms with Crippen molar-refractivity contribution in [3.05, 3.63) is 23.1 Å². The Morgan fingerprint density at radius 1 is 1.26 bits per heavy atom. The Labute approximate surface area is 164 Å². The van der Waals surface area contributed by atoms with Crippen LogP contribution in [0.5, 0.6) is 0 Å². The Morgan fingerprint density at radius 2 is 2.04 bits per heavy atom. The number of hydrogen-bond donors (Lipinski definition) is 0. The van der Waals surface area contributed by atoms with Crippen LogP contribution in [0, 0.1) is 0 Å². The second kappa shape index (κ2) is 7.18. The molecule has 0 amide bonds. The van der Waals surface area contributed by atoms with Crippen LogP contribution in [0.1, 0.15) is 26.3 Å². The van der Waals surface area contributed by atoms with Crippen molar-refractivity contribution < 1.29 is 9.15 Å². The summed E-state index contributed by atoms with van der Waals surface area (Å²) >= 11 is 6.21. The number of furan rings is 1. The van der Waals surface area contributed by atoms with E-state index in [0.717, 1.165) is 24.0 Å². The zero-order valence-corrected chi connectivity index (χ0v) is 17.9. The minimum absolute atomic E-state index is 0.200. The third-order valence-electron chi connectivity index (χ3n) is 4.26. The third kappa shape index (κ3) is 3.97. The highest BCUT2D eigenvalue weighted by atomic mass is 35.5. The highest BCUT2D eigenvalue weighted by Crippen LogP contribution is 2.33. The molecule has 27 heavy (non-hydrogen) atoms. The SMILES string of the molecule is CC(C)(C)[SiH2]N=Cc1cnc2oc3c(N4CCOCC4)nc(Cl)nc3c2c1. The molecule has 4 heterocycles. The molecule has 7 nitrogen and oxygen atoms in total. The standard InChI is InChI=1S/C18H22ClN5O2Si/c1-18(2,3)27-21-10-11-8-12-13-14(26-16(12)20-9-11)15(23-17(19)22-13)24-4-6-25-7-5-24/h8-10H,4-7,27H2,1-3H3. The van der Waals surface area contributed by atoms with Crippen molar-refractivity contribution in [1.29, 1.82) is 0 Å². The zero-order valence-electron chi connectivity index (χ0n) is 15.7. The average molecular weight is 404 g/mol. The summed E-state index contributed by atoms with van der Waals surface area (Å²) in [6.07, 6.45) is 3.67. The number of anilines is 1. The maximum Gasteiger partial charge on any atom is 0.229 e. The van der Waals surface area contributed by atoms with E-state index in [4.69, 9.17) is 20.8 Å². The van der Waals surface area contributed by atoms with E-state index in [2.05, 4.69) is 45.3 Å². The summed E-state index contributed by atoms with van der Waals surface area (Å²) in [4.78, 5) is 15.4. The molecule has 0 aromatic carbocycles. The maximum atomic E-state index is 6.21. The van der Waals surface area contributed by atoms with Gasteiger partial charge < -0.3 is 18.7 Å². The fourth-order valence-electron chi connectivity index (χ4n) is 2.99. The van der Waals surface area contributed by atoms with E-state index in [1.54, 1.807) is 6.20 Å². The monoisotopic (exact) mass is 403 g/mol. The fraction of sp³-hybridized carbons (Fsp3) is 0.444. The van der Waals surface area contributed by atoms with Crippen LogP contribution >= 0.6 is 11.6 Å². The average Bonchev–Trinajstić information content (AvgIpc) is 2.99. The van der Waals surface area contributed by atoms with Crippen LogP contribution in [-0.2, 0) is 4.74 Å². The molecule has 4 rings (SSSR count). The topological polar surface area (TPSA) is 76.6 Å². The van der Waals surface area contributed by atoms with Crippen LogP contribution < -0.4 is 4.90 Å². The Bertz CT molecular complexity index is 1010. The van der Waals surface area contributed by atoms with Crippen LogP contribution in [0.3, 0.4) is 0 Å². The van der Waals surface area contributed by atoms with Crippen LogP contribution in [-0.4, -0.2) is 57.2 Å². The molecule has 1 aliphatic heterocycles. The van der Waals surface area contributed by atoms with Crippen molar-refractivity contribution >= 4 is 55.5 Å². The van der Waals surface area contributed by atoms with E-state index in [-0.39, 0.29) is 10.3 Å². The lowest BCUT2D eigenvalue weighted by Gasteiger charge is -2.27. The molecule has 0 unspecified atom stereocenters. The molecular weight excluding hydrogens is 382 g/mol. The summed E-state index contributed by atoms with van der Waals surface area (Å²) < 4.78 is 16.1. The fourth-order valence-corrected chi connectivity index (χ4v) is 4.00. The predicted molar refractivity (Wildman–Crippen MR) is 111 cm³/mol. The van der Waals surface area contributed by atoms with Crippen molar-refractivity contribution in [3.8, 4) is 0 Å². The van der Waals surface area contributed by atoms with Crippen molar-refractivity contribution in [3.63, 3.8) is 0 Å². The lowest BCUT2D eigenvalue weighted by Crippen LogP contribution is -2.36. The van der Waals surface area contributed by atoms with Gasteiger partial charge in [-0.2, -0.15) is 4.98 Å². The summed E-state index contributed by atoms with van der Waals surface area (Å²) in [6, 6.07) is 2.00. The van der Waals surface area contributed by atoms with Crippen molar-refractivity contribution in [2.24, 2.45) is 4.66 Å². The van der Waals surface area contributed by atoms with E-state index in [1.807, 2.05) is 12.3 Å². The lowest BCUT2D eigenvalue weighted by molar-refractivity contribution is 0.122. The Morgan fingerprint density at radius 3 is 2.78 bits per heavy atom. The molecule has 0 bridgehead atoms. The van der Waals surface area contributed by atoms with Gasteiger partial charge in [0.1, 0.15) is 5.52 Å². The second-order valence-electron chi connectivity index (χ2n) is 7.85. The minimum Gasteiger partial charge on any atom is -0.432 e. The number of halogens is 1. The largest absolute Gasteiger partial charge is 0.432 e. The number of morpholine rings is 1. The first-order valence-electron chi connectivity index (χ1n) is 8.99. The van der Waals surface area contributed by atoms with Gasteiger partial charge in [-0.1, -0.05) is 20.8 Å². The van der Waals surface area contributed by atoms with E-state index < -0.39 is 9.68 Å². The maximum absolute atomic E-state index is 6.21. The number of fused-ring (bicyclic) bond motifs is 3. The van der Waals surface area contributed by atoms with E-state index in [0.29, 0.717) is 35.8 Å². The lowest BCUT2D eigenvalue weighted by atomic mass is 10.2. The van der Waals surface area contributed by atoms with Gasteiger partial charge in [0.05, 0.1) is 18.6 Å². The van der Waals surface area contributed by atoms with Crippen molar-refractivity contribution in [2.45, 2.75) is 25.8 Å². The summed E-state index contributed by atoms with van der Waals surface area (Å²) in [5.41, 5.74) is 2.76. The molecule has 9 heteroatoms. The smallest absolute Gasteiger partial charge is 0.229 e. The van der Waals surface area contributed by atoms with Crippen LogP contribution in [0.2, 0.25) is 10.3 Å². The highest BCUT2D eigenvalue weighted by molar-refractivity contribution is 6.39. The van der Waals surface area contributed by atoms with Gasteiger partial charge in [0.25, 0.3) is 0 Å². The van der Waals surface area contributed by atoms with Crippen molar-refractivity contribution in [1.82, 2.24) is 15.0 Å². The minimum atomic E-state index is -0.547. The number of nitrogens with zero attached hydrogens (tertiary/aromatic N) is 5. The van der Waals surface area contributed by atoms with Crippen LogP contribution in [0.4, 0.5) is 5.82 Å². The van der Waals surface area contributed by atoms with Gasteiger partial charge in [0.2, 0.25) is 11.0 Å². The quantitative estimate of drug-likeness (QED) is 0.380. The Kier molecular flexibility index (Phi) is 4.87. The number of pyridine rings is 1. The van der Waals surface area contributed by atoms with Gasteiger partial charge in [-0.15, -0.1) is 0 Å². The molecule has 0 saturated carbocycles. The van der Waals surface area contributed by atoms with Gasteiger partial charge in [0, 0.05) is 31.1 Å². The molecule has 142 valence electrons. The predicted octanol–water partition coefficient (Wildman–Crippen LogP) is 2.98. The molecule has 0 aliphatic carbocycles. The number of hydrogen-bond acceptors (Lipinski definition) is 7. The molecule has 0 radical (unpaired) electrons. The second-order valence-corrected chi connectivity index (χ2v) is 11.0. The van der Waals surface area contributed by atoms with Crippen LogP contribution in [0.15, 0.2) is 21.3 Å². The van der Waals surface area contributed by atoms with Gasteiger partial charge >= 0.3 is 0 Å². The summed E-state index contributed by atoms with van der Waals surface area (Å²) in [5, 5.41) is 1.31. The Balaban J connectivity index is 1.77. The summed E-state index contributed by atoms with van der Waals surface area (Å²) in [5.74, 6) is 0.696. The molecule has 1 saturated heterocycles. The third-order valence-corrected chi connectivity index (χ3v) is 5.75. The van der Waals surface area contributed by atoms with Gasteiger partial charge in [-0.25, -0.2) is 9.97 Å². The van der Waals surface area contributed by atoms with E-state index >= 15 is 0 Å². The van der Waals surface area contributed by atoms with Gasteiger partial charge in [-0.3, -0.25) is 0 Å². The summed E-state index contributed by atoms with van der Waals surface area (Å²) in [7, 11) is -0.547. The van der Waals surface area contributed by atoms with E-state index in [9.17, 15) is 0 Å². The first kappa shape index (κ1) is 18.3. The number of ether oxygens (including phenoxy) is 1. The Hall–Kier alpha value is -2.03. The van der Waals surface area contributed by atoms with Crippen LogP contribution in [0.25, 0.3) is 22.2 Å². The molecule has 1 fully saturated rings.